The topological polar surface area (TPSA) is 51.8 Å². The predicted molar refractivity (Wildman–Crippen MR) is 225 cm³/mol. The summed E-state index contributed by atoms with van der Waals surface area (Å²) in [5, 5.41) is 2.18. The first-order chi connectivity index (χ1) is 27.3. The summed E-state index contributed by atoms with van der Waals surface area (Å²) >= 11 is 0. The zero-order valence-electron chi connectivity index (χ0n) is 29.8. The summed E-state index contributed by atoms with van der Waals surface area (Å²) in [6, 6.07) is 69.1. The van der Waals surface area contributed by atoms with Gasteiger partial charge in [-0.25, -0.2) is 15.0 Å². The molecule has 0 unspecified atom stereocenters. The van der Waals surface area contributed by atoms with E-state index in [2.05, 4.69) is 158 Å². The summed E-state index contributed by atoms with van der Waals surface area (Å²) in [4.78, 5) is 15.1. The van der Waals surface area contributed by atoms with Crippen LogP contribution >= 0.6 is 0 Å². The van der Waals surface area contributed by atoms with Crippen molar-refractivity contribution in [1.82, 2.24) is 15.0 Å². The monoisotopic (exact) mass is 703 g/mol. The van der Waals surface area contributed by atoms with Crippen molar-refractivity contribution in [3.05, 3.63) is 200 Å². The van der Waals surface area contributed by atoms with Gasteiger partial charge in [0.2, 0.25) is 0 Å². The Hall–Kier alpha value is -7.43. The van der Waals surface area contributed by atoms with Crippen LogP contribution in [0.2, 0.25) is 0 Å². The summed E-state index contributed by atoms with van der Waals surface area (Å²) in [6.07, 6.45) is 0. The van der Waals surface area contributed by atoms with Crippen LogP contribution in [0, 0.1) is 0 Å². The molecule has 8 aromatic carbocycles. The first-order valence-electron chi connectivity index (χ1n) is 18.4. The molecule has 0 atom stereocenters. The number of furan rings is 1. The van der Waals surface area contributed by atoms with Gasteiger partial charge in [-0.2, -0.15) is 0 Å². The maximum Gasteiger partial charge on any atom is 0.164 e. The average molecular weight is 704 g/mol. The Kier molecular flexibility index (Phi) is 8.12. The number of para-hydroxylation sites is 1. The Bertz CT molecular complexity index is 2940. The summed E-state index contributed by atoms with van der Waals surface area (Å²) in [7, 11) is 0. The second kappa shape index (κ2) is 13.8. The Labute approximate surface area is 319 Å². The van der Waals surface area contributed by atoms with E-state index in [0.717, 1.165) is 77.6 Å². The number of hydrogen-bond donors (Lipinski definition) is 0. The third-order valence-corrected chi connectivity index (χ3v) is 10.2. The van der Waals surface area contributed by atoms with Crippen LogP contribution in [0.3, 0.4) is 0 Å². The molecule has 0 aliphatic carbocycles. The quantitative estimate of drug-likeness (QED) is 0.166. The van der Waals surface area contributed by atoms with E-state index in [9.17, 15) is 0 Å². The van der Waals surface area contributed by atoms with Crippen LogP contribution in [-0.4, -0.2) is 15.0 Å². The normalized spacial score (nSPS) is 11.3. The molecule has 0 bridgehead atoms. The molecule has 0 spiro atoms. The van der Waals surface area contributed by atoms with Gasteiger partial charge >= 0.3 is 0 Å². The molecule has 0 radical (unpaired) electrons. The molecule has 4 heteroatoms. The minimum atomic E-state index is 0.604. The van der Waals surface area contributed by atoms with Gasteiger partial charge in [0.1, 0.15) is 11.2 Å². The van der Waals surface area contributed by atoms with E-state index in [1.54, 1.807) is 0 Å². The zero-order valence-corrected chi connectivity index (χ0v) is 29.8. The SMILES string of the molecule is c1ccc(-c2ccc(-c3nc(-c4ccccc4)nc(-c4cccc(-c5cccc6c5oc5c(-c7ccccc7)ccc(-c7ccccc7)c56)c4)n3)cc2)cc1. The zero-order chi connectivity index (χ0) is 36.6. The molecule has 0 aliphatic heterocycles. The predicted octanol–water partition coefficient (Wildman–Crippen LogP) is 13.4. The Morgan fingerprint density at radius 3 is 1.33 bits per heavy atom. The van der Waals surface area contributed by atoms with Crippen LogP contribution in [0.5, 0.6) is 0 Å². The van der Waals surface area contributed by atoms with Crippen LogP contribution in [0.25, 0.3) is 101 Å². The van der Waals surface area contributed by atoms with Crippen molar-refractivity contribution in [3.63, 3.8) is 0 Å². The van der Waals surface area contributed by atoms with Crippen molar-refractivity contribution < 1.29 is 4.42 Å². The van der Waals surface area contributed by atoms with E-state index in [1.165, 1.54) is 5.56 Å². The van der Waals surface area contributed by atoms with Crippen molar-refractivity contribution in [3.8, 4) is 78.7 Å². The lowest BCUT2D eigenvalue weighted by molar-refractivity contribution is 0.671. The molecule has 2 heterocycles. The summed E-state index contributed by atoms with van der Waals surface area (Å²) < 4.78 is 6.99. The molecule has 0 fully saturated rings. The van der Waals surface area contributed by atoms with Gasteiger partial charge in [0.05, 0.1) is 0 Å². The third-order valence-electron chi connectivity index (χ3n) is 10.2. The van der Waals surface area contributed by atoms with Gasteiger partial charge < -0.3 is 4.42 Å². The standard InChI is InChI=1S/C51H33N3O/c1-5-15-34(16-6-1)35-27-29-39(30-28-35)50-52-49(38-21-11-4-12-22-38)53-51(54-50)41-24-13-23-40(33-41)43-25-14-26-45-46-42(36-17-7-2-8-18-36)31-32-44(48(46)55-47(43)45)37-19-9-3-10-20-37/h1-33H. The van der Waals surface area contributed by atoms with Crippen LogP contribution in [0.4, 0.5) is 0 Å². The Morgan fingerprint density at radius 1 is 0.273 bits per heavy atom. The van der Waals surface area contributed by atoms with Crippen molar-refractivity contribution in [2.45, 2.75) is 0 Å². The van der Waals surface area contributed by atoms with Gasteiger partial charge in [0, 0.05) is 38.6 Å². The maximum atomic E-state index is 6.99. The second-order valence-corrected chi connectivity index (χ2v) is 13.6. The van der Waals surface area contributed by atoms with Gasteiger partial charge in [0.15, 0.2) is 17.5 Å². The highest BCUT2D eigenvalue weighted by Gasteiger charge is 2.20. The van der Waals surface area contributed by atoms with Crippen molar-refractivity contribution in [2.24, 2.45) is 0 Å². The molecule has 10 rings (SSSR count). The third kappa shape index (κ3) is 6.06. The van der Waals surface area contributed by atoms with Gasteiger partial charge in [-0.3, -0.25) is 0 Å². The molecular formula is C51H33N3O. The fourth-order valence-corrected chi connectivity index (χ4v) is 7.45. The van der Waals surface area contributed by atoms with Gasteiger partial charge in [0.25, 0.3) is 0 Å². The van der Waals surface area contributed by atoms with Crippen LogP contribution in [0.1, 0.15) is 0 Å². The first kappa shape index (κ1) is 32.2. The van der Waals surface area contributed by atoms with Crippen molar-refractivity contribution >= 4 is 21.9 Å². The smallest absolute Gasteiger partial charge is 0.164 e. The summed E-state index contributed by atoms with van der Waals surface area (Å²) in [5.74, 6) is 1.85. The fourth-order valence-electron chi connectivity index (χ4n) is 7.45. The minimum Gasteiger partial charge on any atom is -0.455 e. The van der Waals surface area contributed by atoms with Crippen LogP contribution in [-0.2, 0) is 0 Å². The first-order valence-corrected chi connectivity index (χ1v) is 18.4. The van der Waals surface area contributed by atoms with E-state index >= 15 is 0 Å². The molecule has 2 aromatic heterocycles. The largest absolute Gasteiger partial charge is 0.455 e. The highest BCUT2D eigenvalue weighted by Crippen LogP contribution is 2.44. The molecule has 10 aromatic rings. The highest BCUT2D eigenvalue weighted by atomic mass is 16.3. The number of benzene rings is 8. The van der Waals surface area contributed by atoms with Gasteiger partial charge in [-0.15, -0.1) is 0 Å². The van der Waals surface area contributed by atoms with Crippen molar-refractivity contribution in [2.75, 3.05) is 0 Å². The molecular weight excluding hydrogens is 671 g/mol. The lowest BCUT2D eigenvalue weighted by Crippen LogP contribution is -2.00. The lowest BCUT2D eigenvalue weighted by Gasteiger charge is -2.10. The molecule has 258 valence electrons. The highest BCUT2D eigenvalue weighted by molar-refractivity contribution is 6.18. The van der Waals surface area contributed by atoms with E-state index in [1.807, 2.05) is 42.5 Å². The summed E-state index contributed by atoms with van der Waals surface area (Å²) in [6.45, 7) is 0. The molecule has 0 aliphatic rings. The Balaban J connectivity index is 1.12. The Morgan fingerprint density at radius 2 is 0.691 bits per heavy atom. The molecule has 0 amide bonds. The molecule has 55 heavy (non-hydrogen) atoms. The van der Waals surface area contributed by atoms with E-state index in [0.29, 0.717) is 17.5 Å². The van der Waals surface area contributed by atoms with Crippen molar-refractivity contribution in [1.29, 1.82) is 0 Å². The second-order valence-electron chi connectivity index (χ2n) is 13.6. The number of rotatable bonds is 7. The number of aromatic nitrogens is 3. The van der Waals surface area contributed by atoms with E-state index in [-0.39, 0.29) is 0 Å². The lowest BCUT2D eigenvalue weighted by atomic mass is 9.94. The number of nitrogens with zero attached hydrogens (tertiary/aromatic N) is 3. The fraction of sp³-hybridized carbons (Fsp3) is 0. The molecule has 0 saturated heterocycles. The van der Waals surface area contributed by atoms with E-state index < -0.39 is 0 Å². The van der Waals surface area contributed by atoms with Gasteiger partial charge in [-0.1, -0.05) is 188 Å². The van der Waals surface area contributed by atoms with E-state index in [4.69, 9.17) is 19.4 Å². The average Bonchev–Trinajstić information content (AvgIpc) is 3.67. The maximum absolute atomic E-state index is 6.99. The van der Waals surface area contributed by atoms with Crippen LogP contribution in [0.15, 0.2) is 205 Å². The molecule has 4 nitrogen and oxygen atoms in total. The number of fused-ring (bicyclic) bond motifs is 3. The van der Waals surface area contributed by atoms with Gasteiger partial charge in [-0.05, 0) is 45.5 Å². The summed E-state index contributed by atoms with van der Waals surface area (Å²) in [5.41, 5.74) is 13.3. The molecule has 0 saturated carbocycles. The number of hydrogen-bond acceptors (Lipinski definition) is 4. The molecule has 0 N–H and O–H groups in total. The minimum absolute atomic E-state index is 0.604. The van der Waals surface area contributed by atoms with Crippen LogP contribution < -0.4 is 0 Å².